The highest BCUT2D eigenvalue weighted by molar-refractivity contribution is 5.79. The second-order valence-corrected chi connectivity index (χ2v) is 10.9. The lowest BCUT2D eigenvalue weighted by molar-refractivity contribution is -0.127. The van der Waals surface area contributed by atoms with E-state index in [2.05, 4.69) is 49.9 Å². The molecule has 2 saturated heterocycles. The van der Waals surface area contributed by atoms with Crippen LogP contribution in [0, 0.1) is 11.8 Å². The van der Waals surface area contributed by atoms with Gasteiger partial charge in [-0.15, -0.1) is 0 Å². The van der Waals surface area contributed by atoms with Crippen molar-refractivity contribution in [2.45, 2.75) is 57.5 Å². The van der Waals surface area contributed by atoms with E-state index in [1.54, 1.807) is 0 Å². The number of aryl methyl sites for hydroxylation is 3. The molecule has 3 atom stereocenters. The van der Waals surface area contributed by atoms with Crippen molar-refractivity contribution in [1.82, 2.24) is 24.7 Å². The van der Waals surface area contributed by atoms with Gasteiger partial charge in [-0.3, -0.25) is 9.69 Å². The van der Waals surface area contributed by atoms with Crippen LogP contribution in [-0.4, -0.2) is 71.1 Å². The lowest BCUT2D eigenvalue weighted by atomic mass is 9.88. The molecule has 3 heterocycles. The molecule has 0 bridgehead atoms. The molecule has 2 aliphatic heterocycles. The third-order valence-corrected chi connectivity index (χ3v) is 8.27. The minimum absolute atomic E-state index is 0.0149. The van der Waals surface area contributed by atoms with Crippen molar-refractivity contribution in [3.05, 3.63) is 47.5 Å². The normalized spacial score (nSPS) is 25.0. The largest absolute Gasteiger partial charge is 0.493 e. The number of fused-ring (bicyclic) bond motifs is 1. The van der Waals surface area contributed by atoms with Crippen LogP contribution in [0.25, 0.3) is 0 Å². The summed E-state index contributed by atoms with van der Waals surface area (Å²) in [5.74, 6) is 2.49. The number of hydrogen-bond donors (Lipinski definition) is 1. The van der Waals surface area contributed by atoms with Crippen molar-refractivity contribution >= 4 is 5.91 Å². The number of nitrogens with zero attached hydrogens (tertiary/aromatic N) is 4. The molecule has 0 saturated carbocycles. The van der Waals surface area contributed by atoms with Gasteiger partial charge in [0.2, 0.25) is 5.91 Å². The molecule has 1 amide bonds. The number of ether oxygens (including phenoxy) is 1. The summed E-state index contributed by atoms with van der Waals surface area (Å²) in [5, 5.41) is 3.26. The average molecular weight is 480 g/mol. The Hall–Kier alpha value is -2.38. The number of carbonyl (C=O) groups excluding carboxylic acids is 1. The summed E-state index contributed by atoms with van der Waals surface area (Å²) < 4.78 is 8.35. The van der Waals surface area contributed by atoms with E-state index in [-0.39, 0.29) is 11.8 Å². The van der Waals surface area contributed by atoms with E-state index in [1.807, 2.05) is 19.4 Å². The van der Waals surface area contributed by atoms with E-state index in [0.29, 0.717) is 18.6 Å². The van der Waals surface area contributed by atoms with Crippen molar-refractivity contribution in [2.75, 3.05) is 39.8 Å². The molecule has 7 heteroatoms. The van der Waals surface area contributed by atoms with Gasteiger partial charge in [0.1, 0.15) is 11.6 Å². The lowest BCUT2D eigenvalue weighted by Crippen LogP contribution is -2.48. The Bertz CT molecular complexity index is 1000. The molecule has 2 fully saturated rings. The van der Waals surface area contributed by atoms with E-state index in [9.17, 15) is 4.79 Å². The summed E-state index contributed by atoms with van der Waals surface area (Å²) in [6.07, 6.45) is 11.9. The topological polar surface area (TPSA) is 62.6 Å². The molecule has 1 aromatic carbocycles. The highest BCUT2D eigenvalue weighted by Gasteiger charge is 2.33. The van der Waals surface area contributed by atoms with E-state index < -0.39 is 0 Å². The Labute approximate surface area is 209 Å². The smallest absolute Gasteiger partial charge is 0.224 e. The zero-order chi connectivity index (χ0) is 24.2. The molecule has 1 aliphatic carbocycles. The number of nitrogens with one attached hydrogen (secondary N) is 1. The fraction of sp³-hybridized carbons (Fsp3) is 0.643. The van der Waals surface area contributed by atoms with E-state index in [1.165, 1.54) is 43.4 Å². The summed E-state index contributed by atoms with van der Waals surface area (Å²) >= 11 is 0. The van der Waals surface area contributed by atoms with Gasteiger partial charge < -0.3 is 19.5 Å². The molecule has 3 aliphatic rings. The maximum absolute atomic E-state index is 13.2. The fourth-order valence-corrected chi connectivity index (χ4v) is 6.19. The molecule has 5 rings (SSSR count). The molecule has 1 N–H and O–H groups in total. The lowest BCUT2D eigenvalue weighted by Gasteiger charge is -2.37. The average Bonchev–Trinajstić information content (AvgIpc) is 3.59. The zero-order valence-electron chi connectivity index (χ0n) is 21.4. The zero-order valence-corrected chi connectivity index (χ0v) is 21.4. The van der Waals surface area contributed by atoms with E-state index in [0.717, 1.165) is 57.0 Å². The third-order valence-electron chi connectivity index (χ3n) is 8.27. The van der Waals surface area contributed by atoms with Gasteiger partial charge in [-0.2, -0.15) is 0 Å². The van der Waals surface area contributed by atoms with Crippen LogP contribution in [0.2, 0.25) is 0 Å². The standard InChI is InChI=1S/C28H41N5O2/c1-31-13-4-7-25(31)10-11-30-28(34)24-15-21(17-33(18-24)19-27-29-12-14-32(27)2)20-35-26-9-8-22-5-3-6-23(22)16-26/h8-9,12,14,16,21,24-25H,3-7,10-11,13,15,17-20H2,1-2H3,(H,30,34)/t21-,24+,25?/m0/s1. The van der Waals surface area contributed by atoms with Crippen LogP contribution in [0.5, 0.6) is 5.75 Å². The van der Waals surface area contributed by atoms with Crippen LogP contribution < -0.4 is 10.1 Å². The highest BCUT2D eigenvalue weighted by atomic mass is 16.5. The van der Waals surface area contributed by atoms with Crippen LogP contribution in [0.1, 0.15) is 49.1 Å². The summed E-state index contributed by atoms with van der Waals surface area (Å²) in [4.78, 5) is 22.5. The second-order valence-electron chi connectivity index (χ2n) is 10.9. The van der Waals surface area contributed by atoms with Crippen molar-refractivity contribution in [3.8, 4) is 5.75 Å². The van der Waals surface area contributed by atoms with Crippen LogP contribution in [0.3, 0.4) is 0 Å². The Kier molecular flexibility index (Phi) is 7.73. The van der Waals surface area contributed by atoms with Gasteiger partial charge in [-0.05, 0) is 81.8 Å². The SMILES string of the molecule is CN1CCCC1CCNC(=O)[C@@H]1C[C@H](COc2ccc3c(c2)CCC3)CN(Cc2nccn2C)C1. The van der Waals surface area contributed by atoms with E-state index >= 15 is 0 Å². The molecule has 35 heavy (non-hydrogen) atoms. The number of aromatic nitrogens is 2. The fourth-order valence-electron chi connectivity index (χ4n) is 6.19. The Morgan fingerprint density at radius 1 is 1.17 bits per heavy atom. The Balaban J connectivity index is 1.19. The number of likely N-dealkylation sites (tertiary alicyclic amines) is 2. The third kappa shape index (κ3) is 6.07. The Morgan fingerprint density at radius 2 is 2.06 bits per heavy atom. The van der Waals surface area contributed by atoms with Crippen LogP contribution in [0.4, 0.5) is 0 Å². The predicted molar refractivity (Wildman–Crippen MR) is 137 cm³/mol. The second kappa shape index (κ2) is 11.1. The van der Waals surface area contributed by atoms with Gasteiger partial charge in [-0.25, -0.2) is 4.98 Å². The minimum Gasteiger partial charge on any atom is -0.493 e. The molecule has 1 aromatic heterocycles. The van der Waals surface area contributed by atoms with Crippen LogP contribution >= 0.6 is 0 Å². The number of carbonyl (C=O) groups is 1. The van der Waals surface area contributed by atoms with Crippen molar-refractivity contribution < 1.29 is 9.53 Å². The first-order chi connectivity index (χ1) is 17.0. The first kappa shape index (κ1) is 24.3. The van der Waals surface area contributed by atoms with Crippen molar-refractivity contribution in [2.24, 2.45) is 18.9 Å². The summed E-state index contributed by atoms with van der Waals surface area (Å²) in [6.45, 7) is 5.04. The number of hydrogen-bond acceptors (Lipinski definition) is 5. The van der Waals surface area contributed by atoms with Crippen LogP contribution in [-0.2, 0) is 31.2 Å². The van der Waals surface area contributed by atoms with Crippen LogP contribution in [0.15, 0.2) is 30.6 Å². The van der Waals surface area contributed by atoms with Gasteiger partial charge >= 0.3 is 0 Å². The number of rotatable bonds is 9. The molecule has 2 aromatic rings. The van der Waals surface area contributed by atoms with E-state index in [4.69, 9.17) is 4.74 Å². The van der Waals surface area contributed by atoms with Gasteiger partial charge in [-0.1, -0.05) is 6.07 Å². The maximum Gasteiger partial charge on any atom is 0.224 e. The molecule has 0 spiro atoms. The highest BCUT2D eigenvalue weighted by Crippen LogP contribution is 2.28. The molecule has 0 radical (unpaired) electrons. The minimum atomic E-state index is -0.0149. The van der Waals surface area contributed by atoms with Gasteiger partial charge in [0.05, 0.1) is 19.1 Å². The summed E-state index contributed by atoms with van der Waals surface area (Å²) in [5.41, 5.74) is 2.91. The molecule has 1 unspecified atom stereocenters. The molecule has 7 nitrogen and oxygen atoms in total. The quantitative estimate of drug-likeness (QED) is 0.599. The summed E-state index contributed by atoms with van der Waals surface area (Å²) in [6, 6.07) is 7.17. The first-order valence-electron chi connectivity index (χ1n) is 13.5. The van der Waals surface area contributed by atoms with Gasteiger partial charge in [0.25, 0.3) is 0 Å². The molecular formula is C28H41N5O2. The van der Waals surface area contributed by atoms with Crippen molar-refractivity contribution in [1.29, 1.82) is 0 Å². The number of benzene rings is 1. The van der Waals surface area contributed by atoms with Gasteiger partial charge in [0.15, 0.2) is 0 Å². The molecule has 190 valence electrons. The van der Waals surface area contributed by atoms with Crippen molar-refractivity contribution in [3.63, 3.8) is 0 Å². The first-order valence-corrected chi connectivity index (χ1v) is 13.5. The van der Waals surface area contributed by atoms with Gasteiger partial charge in [0, 0.05) is 51.0 Å². The predicted octanol–water partition coefficient (Wildman–Crippen LogP) is 3.03. The number of amides is 1. The molecular weight excluding hydrogens is 438 g/mol. The Morgan fingerprint density at radius 3 is 2.86 bits per heavy atom. The monoisotopic (exact) mass is 479 g/mol. The number of imidazole rings is 1. The number of piperidine rings is 1. The maximum atomic E-state index is 13.2. The summed E-state index contributed by atoms with van der Waals surface area (Å²) in [7, 11) is 4.23.